The van der Waals surface area contributed by atoms with E-state index < -0.39 is 0 Å². The Kier molecular flexibility index (Phi) is 2.92. The molecular formula is C11H8BrN5S. The van der Waals surface area contributed by atoms with Crippen LogP contribution < -0.4 is 5.73 Å². The SMILES string of the molecule is Nc1nc(Sc2ccccc2Br)c2[nH]cnc2n1. The largest absolute Gasteiger partial charge is 0.368 e. The van der Waals surface area contributed by atoms with Crippen LogP contribution in [0.25, 0.3) is 11.2 Å². The van der Waals surface area contributed by atoms with Gasteiger partial charge in [0.1, 0.15) is 10.5 Å². The van der Waals surface area contributed by atoms with Gasteiger partial charge < -0.3 is 10.7 Å². The van der Waals surface area contributed by atoms with Crippen LogP contribution in [-0.2, 0) is 0 Å². The van der Waals surface area contributed by atoms with Crippen molar-refractivity contribution in [1.29, 1.82) is 0 Å². The van der Waals surface area contributed by atoms with Gasteiger partial charge in [-0.05, 0) is 28.1 Å². The lowest BCUT2D eigenvalue weighted by atomic mass is 10.4. The number of aromatic nitrogens is 4. The number of benzene rings is 1. The summed E-state index contributed by atoms with van der Waals surface area (Å²) in [6.07, 6.45) is 1.59. The molecule has 0 aliphatic carbocycles. The van der Waals surface area contributed by atoms with E-state index >= 15 is 0 Å². The number of H-pyrrole nitrogens is 1. The Hall–Kier alpha value is -1.60. The lowest BCUT2D eigenvalue weighted by molar-refractivity contribution is 1.10. The highest BCUT2D eigenvalue weighted by atomic mass is 79.9. The first-order chi connectivity index (χ1) is 8.74. The molecule has 3 aromatic rings. The summed E-state index contributed by atoms with van der Waals surface area (Å²) < 4.78 is 1.01. The van der Waals surface area contributed by atoms with Crippen LogP contribution in [0.1, 0.15) is 0 Å². The van der Waals surface area contributed by atoms with Crippen LogP contribution >= 0.6 is 27.7 Å². The molecule has 1 aromatic carbocycles. The summed E-state index contributed by atoms with van der Waals surface area (Å²) >= 11 is 5.02. The van der Waals surface area contributed by atoms with Crippen molar-refractivity contribution in [2.24, 2.45) is 0 Å². The number of hydrogen-bond donors (Lipinski definition) is 2. The molecule has 0 aliphatic heterocycles. The van der Waals surface area contributed by atoms with Crippen LogP contribution in [0.2, 0.25) is 0 Å². The van der Waals surface area contributed by atoms with Gasteiger partial charge in [0.05, 0.1) is 6.33 Å². The molecule has 18 heavy (non-hydrogen) atoms. The molecule has 0 saturated carbocycles. The number of nitrogens with one attached hydrogen (secondary N) is 1. The van der Waals surface area contributed by atoms with Crippen LogP contribution in [-0.4, -0.2) is 19.9 Å². The Bertz CT molecular complexity index is 711. The van der Waals surface area contributed by atoms with Gasteiger partial charge in [0, 0.05) is 9.37 Å². The number of nitrogens with two attached hydrogens (primary N) is 1. The number of nitrogen functional groups attached to an aromatic ring is 1. The minimum atomic E-state index is 0.226. The van der Waals surface area contributed by atoms with E-state index in [1.807, 2.05) is 24.3 Å². The van der Waals surface area contributed by atoms with E-state index in [0.717, 1.165) is 19.9 Å². The molecule has 0 bridgehead atoms. The van der Waals surface area contributed by atoms with E-state index in [0.29, 0.717) is 5.65 Å². The first-order valence-corrected chi connectivity index (χ1v) is 6.74. The van der Waals surface area contributed by atoms with Crippen molar-refractivity contribution in [1.82, 2.24) is 19.9 Å². The molecule has 7 heteroatoms. The van der Waals surface area contributed by atoms with Crippen molar-refractivity contribution in [3.05, 3.63) is 35.1 Å². The minimum Gasteiger partial charge on any atom is -0.368 e. The van der Waals surface area contributed by atoms with Crippen LogP contribution in [0, 0.1) is 0 Å². The van der Waals surface area contributed by atoms with Gasteiger partial charge in [-0.1, -0.05) is 23.9 Å². The molecule has 2 aromatic heterocycles. The average Bonchev–Trinajstić information content (AvgIpc) is 2.80. The van der Waals surface area contributed by atoms with Crippen LogP contribution in [0.15, 0.2) is 45.0 Å². The van der Waals surface area contributed by atoms with Crippen LogP contribution in [0.3, 0.4) is 0 Å². The standard InChI is InChI=1S/C11H8BrN5S/c12-6-3-1-2-4-7(6)18-10-8-9(15-5-14-8)16-11(13)17-10/h1-5H,(H3,13,14,15,16,17). The maximum Gasteiger partial charge on any atom is 0.223 e. The maximum absolute atomic E-state index is 5.67. The number of nitrogens with zero attached hydrogens (tertiary/aromatic N) is 3. The normalized spacial score (nSPS) is 10.9. The van der Waals surface area contributed by atoms with Gasteiger partial charge >= 0.3 is 0 Å². The maximum atomic E-state index is 5.67. The van der Waals surface area contributed by atoms with Crippen molar-refractivity contribution >= 4 is 44.8 Å². The Balaban J connectivity index is 2.10. The zero-order chi connectivity index (χ0) is 12.5. The third-order valence-electron chi connectivity index (χ3n) is 2.31. The van der Waals surface area contributed by atoms with Gasteiger partial charge in [-0.25, -0.2) is 9.97 Å². The van der Waals surface area contributed by atoms with Crippen molar-refractivity contribution in [2.45, 2.75) is 9.92 Å². The Labute approximate surface area is 115 Å². The summed E-state index contributed by atoms with van der Waals surface area (Å²) in [6.45, 7) is 0. The summed E-state index contributed by atoms with van der Waals surface area (Å²) in [6, 6.07) is 7.93. The molecular weight excluding hydrogens is 314 g/mol. The van der Waals surface area contributed by atoms with E-state index in [9.17, 15) is 0 Å². The lowest BCUT2D eigenvalue weighted by Crippen LogP contribution is -1.97. The number of fused-ring (bicyclic) bond motifs is 1. The molecule has 0 radical (unpaired) electrons. The molecule has 0 amide bonds. The van der Waals surface area contributed by atoms with Crippen molar-refractivity contribution in [2.75, 3.05) is 5.73 Å². The van der Waals surface area contributed by atoms with Crippen molar-refractivity contribution in [3.63, 3.8) is 0 Å². The monoisotopic (exact) mass is 321 g/mol. The van der Waals surface area contributed by atoms with Gasteiger partial charge in [0.2, 0.25) is 5.95 Å². The fraction of sp³-hybridized carbons (Fsp3) is 0. The highest BCUT2D eigenvalue weighted by Gasteiger charge is 2.11. The van der Waals surface area contributed by atoms with E-state index in [4.69, 9.17) is 5.73 Å². The first kappa shape index (κ1) is 11.5. The molecule has 90 valence electrons. The number of imidazole rings is 1. The Morgan fingerprint density at radius 1 is 1.22 bits per heavy atom. The highest BCUT2D eigenvalue weighted by Crippen LogP contribution is 2.34. The fourth-order valence-corrected chi connectivity index (χ4v) is 2.97. The van der Waals surface area contributed by atoms with Crippen LogP contribution in [0.5, 0.6) is 0 Å². The molecule has 3 rings (SSSR count). The molecule has 5 nitrogen and oxygen atoms in total. The topological polar surface area (TPSA) is 80.5 Å². The van der Waals surface area contributed by atoms with E-state index in [2.05, 4.69) is 35.9 Å². The van der Waals surface area contributed by atoms with Gasteiger partial charge in [0.25, 0.3) is 0 Å². The second-order valence-corrected chi connectivity index (χ2v) is 5.41. The smallest absolute Gasteiger partial charge is 0.223 e. The third-order valence-corrected chi connectivity index (χ3v) is 4.33. The second kappa shape index (κ2) is 4.58. The highest BCUT2D eigenvalue weighted by molar-refractivity contribution is 9.10. The number of rotatable bonds is 2. The van der Waals surface area contributed by atoms with Crippen molar-refractivity contribution < 1.29 is 0 Å². The zero-order valence-corrected chi connectivity index (χ0v) is 11.5. The number of hydrogen-bond acceptors (Lipinski definition) is 5. The molecule has 0 unspecified atom stereocenters. The first-order valence-electron chi connectivity index (χ1n) is 5.13. The summed E-state index contributed by atoms with van der Waals surface area (Å²) in [5.74, 6) is 0.226. The molecule has 0 aliphatic rings. The molecule has 0 atom stereocenters. The lowest BCUT2D eigenvalue weighted by Gasteiger charge is -2.04. The van der Waals surface area contributed by atoms with Gasteiger partial charge in [-0.15, -0.1) is 0 Å². The summed E-state index contributed by atoms with van der Waals surface area (Å²) in [7, 11) is 0. The molecule has 0 spiro atoms. The Morgan fingerprint density at radius 2 is 2.06 bits per heavy atom. The average molecular weight is 322 g/mol. The van der Waals surface area contributed by atoms with E-state index in [1.54, 1.807) is 6.33 Å². The summed E-state index contributed by atoms with van der Waals surface area (Å²) in [5, 5.41) is 0.766. The van der Waals surface area contributed by atoms with Gasteiger partial charge in [-0.3, -0.25) is 0 Å². The molecule has 3 N–H and O–H groups in total. The molecule has 0 saturated heterocycles. The third kappa shape index (κ3) is 2.06. The molecule has 2 heterocycles. The fourth-order valence-electron chi connectivity index (χ4n) is 1.53. The van der Waals surface area contributed by atoms with Crippen molar-refractivity contribution in [3.8, 4) is 0 Å². The summed E-state index contributed by atoms with van der Waals surface area (Å²) in [4.78, 5) is 16.5. The minimum absolute atomic E-state index is 0.226. The van der Waals surface area contributed by atoms with E-state index in [-0.39, 0.29) is 5.95 Å². The number of anilines is 1. The van der Waals surface area contributed by atoms with Gasteiger partial charge in [-0.2, -0.15) is 4.98 Å². The van der Waals surface area contributed by atoms with Crippen LogP contribution in [0.4, 0.5) is 5.95 Å². The van der Waals surface area contributed by atoms with E-state index in [1.165, 1.54) is 11.8 Å². The van der Waals surface area contributed by atoms with Gasteiger partial charge in [0.15, 0.2) is 5.65 Å². The number of halogens is 1. The number of aromatic amines is 1. The summed E-state index contributed by atoms with van der Waals surface area (Å²) in [5.41, 5.74) is 7.05. The molecule has 0 fully saturated rings. The Morgan fingerprint density at radius 3 is 2.89 bits per heavy atom. The predicted octanol–water partition coefficient (Wildman–Crippen LogP) is 2.85. The second-order valence-electron chi connectivity index (χ2n) is 3.52. The quantitative estimate of drug-likeness (QED) is 0.709. The zero-order valence-electron chi connectivity index (χ0n) is 9.09. The predicted molar refractivity (Wildman–Crippen MR) is 74.4 cm³/mol.